The topological polar surface area (TPSA) is 113 Å². The van der Waals surface area contributed by atoms with Gasteiger partial charge >= 0.3 is 0 Å². The van der Waals surface area contributed by atoms with Gasteiger partial charge in [-0.15, -0.1) is 0 Å². The van der Waals surface area contributed by atoms with Crippen LogP contribution in [0.5, 0.6) is 0 Å². The molecule has 0 unspecified atom stereocenters. The van der Waals surface area contributed by atoms with Crippen molar-refractivity contribution in [3.8, 4) is 11.6 Å². The van der Waals surface area contributed by atoms with Gasteiger partial charge in [-0.3, -0.25) is 24.2 Å². The largest absolute Gasteiger partial charge is 0.463 e. The number of benzene rings is 1. The van der Waals surface area contributed by atoms with Crippen molar-refractivity contribution < 1.29 is 18.4 Å². The first kappa shape index (κ1) is 20.4. The van der Waals surface area contributed by atoms with Crippen LogP contribution in [0.3, 0.4) is 0 Å². The molecule has 2 aliphatic rings. The van der Waals surface area contributed by atoms with Gasteiger partial charge < -0.3 is 13.8 Å². The Labute approximate surface area is 193 Å². The SMILES string of the molecule is O=C1c2ccccc2C(=O)N1Cc1ccc(CN2CCc3nc(-c4ccco4)[nH]c(=O)c3C2)o1. The molecule has 1 N–H and O–H groups in total. The van der Waals surface area contributed by atoms with Crippen LogP contribution in [0.15, 0.2) is 68.4 Å². The number of rotatable bonds is 5. The molecule has 0 atom stereocenters. The minimum atomic E-state index is -0.313. The van der Waals surface area contributed by atoms with Gasteiger partial charge in [0.05, 0.1) is 41.7 Å². The average molecular weight is 456 g/mol. The summed E-state index contributed by atoms with van der Waals surface area (Å²) in [7, 11) is 0. The molecule has 0 radical (unpaired) electrons. The van der Waals surface area contributed by atoms with E-state index in [1.165, 1.54) is 4.90 Å². The summed E-state index contributed by atoms with van der Waals surface area (Å²) in [6, 6.07) is 13.9. The van der Waals surface area contributed by atoms with Gasteiger partial charge in [0.2, 0.25) is 0 Å². The van der Waals surface area contributed by atoms with E-state index >= 15 is 0 Å². The van der Waals surface area contributed by atoms with Crippen LogP contribution in [0.4, 0.5) is 0 Å². The van der Waals surface area contributed by atoms with Crippen molar-refractivity contribution in [2.45, 2.75) is 26.1 Å². The molecule has 2 aliphatic heterocycles. The van der Waals surface area contributed by atoms with E-state index in [2.05, 4.69) is 14.9 Å². The van der Waals surface area contributed by atoms with Gasteiger partial charge in [0, 0.05) is 19.5 Å². The van der Waals surface area contributed by atoms with Crippen molar-refractivity contribution in [3.63, 3.8) is 0 Å². The van der Waals surface area contributed by atoms with Crippen LogP contribution in [-0.4, -0.2) is 38.1 Å². The van der Waals surface area contributed by atoms with Gasteiger partial charge in [0.15, 0.2) is 11.6 Å². The highest BCUT2D eigenvalue weighted by atomic mass is 16.3. The monoisotopic (exact) mass is 456 g/mol. The molecule has 9 heteroatoms. The number of aromatic amines is 1. The van der Waals surface area contributed by atoms with Gasteiger partial charge in [0.1, 0.15) is 11.5 Å². The van der Waals surface area contributed by atoms with Crippen LogP contribution in [0.1, 0.15) is 43.5 Å². The third-order valence-electron chi connectivity index (χ3n) is 6.19. The highest BCUT2D eigenvalue weighted by Gasteiger charge is 2.35. The van der Waals surface area contributed by atoms with Crippen LogP contribution in [0, 0.1) is 0 Å². The van der Waals surface area contributed by atoms with Crippen LogP contribution in [0.25, 0.3) is 11.6 Å². The number of H-pyrrole nitrogens is 1. The fourth-order valence-corrected chi connectivity index (χ4v) is 4.50. The van der Waals surface area contributed by atoms with Crippen LogP contribution in [-0.2, 0) is 26.1 Å². The summed E-state index contributed by atoms with van der Waals surface area (Å²) in [6.45, 7) is 1.75. The lowest BCUT2D eigenvalue weighted by molar-refractivity contribution is 0.0630. The summed E-state index contributed by atoms with van der Waals surface area (Å²) in [5.74, 6) is 1.57. The molecular formula is C25H20N4O5. The van der Waals surface area contributed by atoms with Crippen molar-refractivity contribution in [2.75, 3.05) is 6.54 Å². The lowest BCUT2D eigenvalue weighted by Crippen LogP contribution is -2.35. The van der Waals surface area contributed by atoms with E-state index in [1.807, 2.05) is 6.07 Å². The zero-order valence-corrected chi connectivity index (χ0v) is 18.1. The first-order chi connectivity index (χ1) is 16.6. The van der Waals surface area contributed by atoms with E-state index in [0.717, 1.165) is 12.2 Å². The van der Waals surface area contributed by atoms with Crippen LogP contribution >= 0.6 is 0 Å². The minimum Gasteiger partial charge on any atom is -0.463 e. The Kier molecular flexibility index (Phi) is 4.77. The number of nitrogens with one attached hydrogen (secondary N) is 1. The Morgan fingerprint density at radius 3 is 2.35 bits per heavy atom. The third-order valence-corrected chi connectivity index (χ3v) is 6.19. The number of amides is 2. The van der Waals surface area contributed by atoms with Crippen molar-refractivity contribution in [3.05, 3.63) is 99.1 Å². The second kappa shape index (κ2) is 7.96. The van der Waals surface area contributed by atoms with Gasteiger partial charge in [-0.05, 0) is 36.4 Å². The van der Waals surface area contributed by atoms with Crippen LogP contribution < -0.4 is 5.56 Å². The Morgan fingerprint density at radius 2 is 1.65 bits per heavy atom. The van der Waals surface area contributed by atoms with Crippen molar-refractivity contribution in [1.29, 1.82) is 0 Å². The second-order valence-corrected chi connectivity index (χ2v) is 8.39. The molecule has 0 saturated carbocycles. The lowest BCUT2D eigenvalue weighted by atomic mass is 10.1. The van der Waals surface area contributed by atoms with Crippen molar-refractivity contribution in [1.82, 2.24) is 19.8 Å². The average Bonchev–Trinajstić information content (AvgIpc) is 3.58. The summed E-state index contributed by atoms with van der Waals surface area (Å²) >= 11 is 0. The summed E-state index contributed by atoms with van der Waals surface area (Å²) in [6.07, 6.45) is 2.18. The van der Waals surface area contributed by atoms with Crippen molar-refractivity contribution in [2.24, 2.45) is 0 Å². The fourth-order valence-electron chi connectivity index (χ4n) is 4.50. The molecule has 170 valence electrons. The molecule has 6 rings (SSSR count). The molecule has 0 saturated heterocycles. The van der Waals surface area contributed by atoms with Gasteiger partial charge in [-0.25, -0.2) is 4.98 Å². The predicted molar refractivity (Wildman–Crippen MR) is 120 cm³/mol. The van der Waals surface area contributed by atoms with E-state index < -0.39 is 0 Å². The number of hydrogen-bond acceptors (Lipinski definition) is 7. The molecule has 0 bridgehead atoms. The number of fused-ring (bicyclic) bond motifs is 2. The Balaban J connectivity index is 1.14. The maximum atomic E-state index is 12.7. The molecule has 2 amide bonds. The van der Waals surface area contributed by atoms with Crippen LogP contribution in [0.2, 0.25) is 0 Å². The molecule has 0 spiro atoms. The van der Waals surface area contributed by atoms with E-state index in [0.29, 0.717) is 59.3 Å². The highest BCUT2D eigenvalue weighted by molar-refractivity contribution is 6.21. The molecule has 5 heterocycles. The smallest absolute Gasteiger partial charge is 0.261 e. The first-order valence-electron chi connectivity index (χ1n) is 11.0. The molecule has 34 heavy (non-hydrogen) atoms. The summed E-state index contributed by atoms with van der Waals surface area (Å²) in [5.41, 5.74) is 2.07. The normalized spacial score (nSPS) is 15.6. The predicted octanol–water partition coefficient (Wildman–Crippen LogP) is 2.98. The Hall–Kier alpha value is -4.24. The van der Waals surface area contributed by atoms with Gasteiger partial charge in [-0.2, -0.15) is 0 Å². The number of carbonyl (C=O) groups excluding carboxylic acids is 2. The highest BCUT2D eigenvalue weighted by Crippen LogP contribution is 2.25. The molecule has 1 aromatic carbocycles. The molecule has 0 fully saturated rings. The number of aromatic nitrogens is 2. The minimum absolute atomic E-state index is 0.0777. The van der Waals surface area contributed by atoms with Gasteiger partial charge in [0.25, 0.3) is 17.4 Å². The number of imide groups is 1. The summed E-state index contributed by atoms with van der Waals surface area (Å²) < 4.78 is 11.3. The lowest BCUT2D eigenvalue weighted by Gasteiger charge is -2.26. The third kappa shape index (κ3) is 3.46. The fraction of sp³-hybridized carbons (Fsp3) is 0.200. The maximum absolute atomic E-state index is 12.7. The maximum Gasteiger partial charge on any atom is 0.261 e. The molecular weight excluding hydrogens is 436 g/mol. The number of carbonyl (C=O) groups is 2. The number of hydrogen-bond donors (Lipinski definition) is 1. The Morgan fingerprint density at radius 1 is 0.912 bits per heavy atom. The molecule has 4 aromatic rings. The standard InChI is InChI=1S/C25H20N4O5/c30-23-19-14-28(10-9-20(19)26-22(27-23)21-6-3-11-33-21)12-15-7-8-16(34-15)13-29-24(31)17-4-1-2-5-18(17)25(29)32/h1-8,11H,9-10,12-14H2,(H,26,27,30). The molecule has 3 aromatic heterocycles. The second-order valence-electron chi connectivity index (χ2n) is 8.39. The molecule has 0 aliphatic carbocycles. The quantitative estimate of drug-likeness (QED) is 0.460. The zero-order chi connectivity index (χ0) is 23.2. The molecule has 9 nitrogen and oxygen atoms in total. The zero-order valence-electron chi connectivity index (χ0n) is 18.1. The van der Waals surface area contributed by atoms with Crippen molar-refractivity contribution >= 4 is 11.8 Å². The first-order valence-corrected chi connectivity index (χ1v) is 11.0. The van der Waals surface area contributed by atoms with E-state index in [4.69, 9.17) is 8.83 Å². The number of furan rings is 2. The summed E-state index contributed by atoms with van der Waals surface area (Å²) in [4.78, 5) is 48.6. The Bertz CT molecular complexity index is 1430. The van der Waals surface area contributed by atoms with E-state index in [9.17, 15) is 14.4 Å². The van der Waals surface area contributed by atoms with E-state index in [1.54, 1.807) is 48.7 Å². The van der Waals surface area contributed by atoms with Gasteiger partial charge in [-0.1, -0.05) is 12.1 Å². The summed E-state index contributed by atoms with van der Waals surface area (Å²) in [5, 5.41) is 0. The number of nitrogens with zero attached hydrogens (tertiary/aromatic N) is 3. The van der Waals surface area contributed by atoms with E-state index in [-0.39, 0.29) is 23.9 Å².